The highest BCUT2D eigenvalue weighted by Crippen LogP contribution is 2.38. The first kappa shape index (κ1) is 42.4. The second-order valence-electron chi connectivity index (χ2n) is 11.6. The van der Waals surface area contributed by atoms with E-state index in [0.29, 0.717) is 48.8 Å². The zero-order chi connectivity index (χ0) is 36.4. The van der Waals surface area contributed by atoms with Gasteiger partial charge in [0.2, 0.25) is 5.91 Å². The van der Waals surface area contributed by atoms with Crippen LogP contribution in [0.5, 0.6) is 0 Å². The number of piperidine rings is 1. The number of aromatic nitrogens is 2. The Bertz CT molecular complexity index is 1360. The minimum absolute atomic E-state index is 0.0424. The number of nitrogens with zero attached hydrogens (tertiary/aromatic N) is 5. The summed E-state index contributed by atoms with van der Waals surface area (Å²) in [4.78, 5) is 30.7. The number of fused-ring (bicyclic) bond motifs is 1. The number of carbonyl (C=O) groups is 2. The van der Waals surface area contributed by atoms with Crippen LogP contribution in [0.2, 0.25) is 0 Å². The van der Waals surface area contributed by atoms with Crippen LogP contribution in [0.4, 0.5) is 13.2 Å². The second kappa shape index (κ2) is 21.3. The number of halogens is 4. The minimum atomic E-state index is -4.41. The van der Waals surface area contributed by atoms with Gasteiger partial charge in [0.25, 0.3) is 0 Å². The Kier molecular flexibility index (Phi) is 18.8. The van der Waals surface area contributed by atoms with Crippen LogP contribution in [0.25, 0.3) is 0 Å². The molecule has 2 aliphatic heterocycles. The van der Waals surface area contributed by atoms with E-state index in [1.165, 1.54) is 6.20 Å². The number of hydrazone groups is 2. The van der Waals surface area contributed by atoms with Crippen molar-refractivity contribution >= 4 is 35.7 Å². The predicted octanol–water partition coefficient (Wildman–Crippen LogP) is 7.82. The van der Waals surface area contributed by atoms with Crippen LogP contribution >= 0.6 is 11.6 Å². The quantitative estimate of drug-likeness (QED) is 0.106. The summed E-state index contributed by atoms with van der Waals surface area (Å²) in [5.74, 6) is -0.0334. The third kappa shape index (κ3) is 14.2. The molecule has 3 rings (SSSR count). The lowest BCUT2D eigenvalue weighted by Gasteiger charge is -2.32. The summed E-state index contributed by atoms with van der Waals surface area (Å²) in [5.41, 5.74) is 9.72. The van der Waals surface area contributed by atoms with Crippen molar-refractivity contribution < 1.29 is 22.8 Å². The number of alkyl halides is 3. The maximum atomic E-state index is 13.5. The van der Waals surface area contributed by atoms with Gasteiger partial charge in [0, 0.05) is 73.6 Å². The molecule has 0 saturated carbocycles. The standard InChI is InChI=1S/C28H35ClF3N5O2.C5H12N2.C2H6/c1-5-34-35-14-18(2)25-16-37-24(13-28(30,31)32)15-33-27(37)23(11-22(25)10-20(4)29)12-26(39)36-8-6-21(7-9-36)19(3)17-38;1-4-6-7-5(2)3;1-2/h5,10,14-15,17,21,23,35H,3,6-9,11-13,16H2,1-2,4H3;6H,4H2,1-3H3;1-2H3/b18-14+,20-10+,34-5-;;. The highest BCUT2D eigenvalue weighted by molar-refractivity contribution is 6.29. The van der Waals surface area contributed by atoms with Gasteiger partial charge < -0.3 is 14.9 Å². The van der Waals surface area contributed by atoms with Crippen LogP contribution < -0.4 is 10.9 Å². The van der Waals surface area contributed by atoms with Crippen molar-refractivity contribution in [1.82, 2.24) is 25.3 Å². The summed E-state index contributed by atoms with van der Waals surface area (Å²) in [7, 11) is 0. The number of imidazole rings is 1. The molecule has 0 radical (unpaired) electrons. The number of aldehydes is 1. The van der Waals surface area contributed by atoms with E-state index in [1.807, 2.05) is 41.5 Å². The molecule has 1 atom stereocenters. The van der Waals surface area contributed by atoms with Gasteiger partial charge in [-0.2, -0.15) is 23.4 Å². The highest BCUT2D eigenvalue weighted by atomic mass is 35.5. The Morgan fingerprint density at radius 2 is 1.83 bits per heavy atom. The lowest BCUT2D eigenvalue weighted by molar-refractivity contribution is -0.133. The van der Waals surface area contributed by atoms with Gasteiger partial charge in [0.1, 0.15) is 12.1 Å². The molecule has 2 N–H and O–H groups in total. The number of nitrogens with one attached hydrogen (secondary N) is 2. The molecule has 13 heteroatoms. The van der Waals surface area contributed by atoms with Gasteiger partial charge in [-0.15, -0.1) is 0 Å². The first-order valence-electron chi connectivity index (χ1n) is 16.4. The normalized spacial score (nSPS) is 17.3. The molecule has 1 aromatic heterocycles. The molecule has 0 bridgehead atoms. The smallest absolute Gasteiger partial charge is 0.343 e. The fraction of sp³-hybridized carbons (Fsp3) is 0.571. The van der Waals surface area contributed by atoms with Crippen LogP contribution in [-0.4, -0.2) is 64.4 Å². The third-order valence-corrected chi connectivity index (χ3v) is 7.73. The molecule has 48 heavy (non-hydrogen) atoms. The Morgan fingerprint density at radius 3 is 2.33 bits per heavy atom. The maximum Gasteiger partial charge on any atom is 0.394 e. The van der Waals surface area contributed by atoms with E-state index < -0.39 is 18.5 Å². The van der Waals surface area contributed by atoms with Gasteiger partial charge in [-0.3, -0.25) is 15.0 Å². The first-order valence-corrected chi connectivity index (χ1v) is 16.8. The molecular formula is C35H53ClF3N7O2. The number of amides is 1. The number of hydrogen-bond donors (Lipinski definition) is 2. The molecular weight excluding hydrogens is 643 g/mol. The van der Waals surface area contributed by atoms with Crippen LogP contribution in [0.1, 0.15) is 98.5 Å². The van der Waals surface area contributed by atoms with E-state index in [1.54, 1.807) is 41.8 Å². The molecule has 2 aliphatic rings. The van der Waals surface area contributed by atoms with Gasteiger partial charge in [-0.25, -0.2) is 4.98 Å². The average molecular weight is 696 g/mol. The molecule has 0 aromatic carbocycles. The van der Waals surface area contributed by atoms with Crippen molar-refractivity contribution in [3.05, 3.63) is 63.9 Å². The summed E-state index contributed by atoms with van der Waals surface area (Å²) >= 11 is 6.28. The Balaban J connectivity index is 0.00000113. The Hall–Kier alpha value is -3.67. The lowest BCUT2D eigenvalue weighted by Crippen LogP contribution is -2.39. The molecule has 0 spiro atoms. The van der Waals surface area contributed by atoms with Crippen LogP contribution in [0, 0.1) is 5.92 Å². The monoisotopic (exact) mass is 695 g/mol. The van der Waals surface area contributed by atoms with Gasteiger partial charge in [0.15, 0.2) is 0 Å². The topological polar surface area (TPSA) is 104 Å². The maximum absolute atomic E-state index is 13.5. The third-order valence-electron chi connectivity index (χ3n) is 7.62. The van der Waals surface area contributed by atoms with E-state index in [4.69, 9.17) is 11.6 Å². The van der Waals surface area contributed by atoms with Crippen LogP contribution in [0.15, 0.2) is 62.6 Å². The molecule has 1 saturated heterocycles. The largest absolute Gasteiger partial charge is 0.394 e. The van der Waals surface area contributed by atoms with E-state index in [0.717, 1.165) is 35.3 Å². The van der Waals surface area contributed by atoms with E-state index >= 15 is 0 Å². The van der Waals surface area contributed by atoms with Crippen molar-refractivity contribution in [1.29, 1.82) is 0 Å². The van der Waals surface area contributed by atoms with Crippen molar-refractivity contribution in [2.24, 2.45) is 16.1 Å². The summed E-state index contributed by atoms with van der Waals surface area (Å²) in [6.07, 6.45) is 3.36. The van der Waals surface area contributed by atoms with Crippen LogP contribution in [-0.2, 0) is 22.6 Å². The Labute approximate surface area is 289 Å². The van der Waals surface area contributed by atoms with Crippen molar-refractivity contribution in [3.63, 3.8) is 0 Å². The molecule has 1 unspecified atom stereocenters. The zero-order valence-electron chi connectivity index (χ0n) is 29.7. The fourth-order valence-corrected chi connectivity index (χ4v) is 5.55. The zero-order valence-corrected chi connectivity index (χ0v) is 30.4. The van der Waals surface area contributed by atoms with Crippen molar-refractivity contribution in [2.45, 2.75) is 106 Å². The number of carbonyl (C=O) groups excluding carboxylic acids is 2. The summed E-state index contributed by atoms with van der Waals surface area (Å²) < 4.78 is 42.0. The summed E-state index contributed by atoms with van der Waals surface area (Å²) in [5, 5.41) is 8.42. The number of likely N-dealkylation sites (tertiary alicyclic amines) is 1. The van der Waals surface area contributed by atoms with Crippen molar-refractivity contribution in [3.8, 4) is 0 Å². The van der Waals surface area contributed by atoms with Gasteiger partial charge in [-0.05, 0) is 95.1 Å². The lowest BCUT2D eigenvalue weighted by atomic mass is 9.89. The number of allylic oxidation sites excluding steroid dienone is 6. The van der Waals surface area contributed by atoms with E-state index in [9.17, 15) is 22.8 Å². The molecule has 0 aliphatic carbocycles. The second-order valence-corrected chi connectivity index (χ2v) is 12.2. The van der Waals surface area contributed by atoms with Gasteiger partial charge >= 0.3 is 6.18 Å². The number of rotatable bonds is 11. The molecule has 1 aromatic rings. The van der Waals surface area contributed by atoms with E-state index in [-0.39, 0.29) is 30.5 Å². The van der Waals surface area contributed by atoms with Gasteiger partial charge in [0.05, 0.1) is 6.42 Å². The predicted molar refractivity (Wildman–Crippen MR) is 190 cm³/mol. The molecule has 9 nitrogen and oxygen atoms in total. The minimum Gasteiger partial charge on any atom is -0.343 e. The van der Waals surface area contributed by atoms with Gasteiger partial charge in [-0.1, -0.05) is 32.0 Å². The Morgan fingerprint density at radius 1 is 1.19 bits per heavy atom. The van der Waals surface area contributed by atoms with E-state index in [2.05, 4.69) is 32.6 Å². The molecule has 1 amide bonds. The first-order chi connectivity index (χ1) is 22.7. The summed E-state index contributed by atoms with van der Waals surface area (Å²) in [6, 6.07) is 0. The average Bonchev–Trinajstić information content (AvgIpc) is 3.35. The summed E-state index contributed by atoms with van der Waals surface area (Å²) in [6.45, 7) is 21.1. The van der Waals surface area contributed by atoms with Crippen LogP contribution in [0.3, 0.4) is 0 Å². The number of hydrogen-bond acceptors (Lipinski definition) is 7. The SMILES string of the molecule is C=C(C=O)C1CCN(C(=O)CC2CC(/C=C(\C)Cl)=C(\C(C)=C\N/N=C\C)Cn3c(CC(F)(F)F)cnc32)CC1.CC.CCNN=C(C)C. The molecule has 268 valence electrons. The molecule has 1 fully saturated rings. The highest BCUT2D eigenvalue weighted by Gasteiger charge is 2.35. The molecule has 3 heterocycles. The van der Waals surface area contributed by atoms with Crippen molar-refractivity contribution in [2.75, 3.05) is 19.6 Å². The fourth-order valence-electron chi connectivity index (χ4n) is 5.42.